The van der Waals surface area contributed by atoms with Crippen molar-refractivity contribution in [2.75, 3.05) is 17.8 Å². The van der Waals surface area contributed by atoms with E-state index in [2.05, 4.69) is 16.5 Å². The largest absolute Gasteiger partial charge is 0.329 e. The molecule has 0 unspecified atom stereocenters. The van der Waals surface area contributed by atoms with Crippen LogP contribution >= 0.6 is 34.8 Å². The fourth-order valence-corrected chi connectivity index (χ4v) is 1.80. The summed E-state index contributed by atoms with van der Waals surface area (Å²) in [6.45, 7) is 3.77. The molecule has 19 heavy (non-hydrogen) atoms. The number of allylic oxidation sites excluding steroid dienone is 4. The van der Waals surface area contributed by atoms with E-state index in [0.717, 1.165) is 5.70 Å². The summed E-state index contributed by atoms with van der Waals surface area (Å²) >= 11 is 17.5. The van der Waals surface area contributed by atoms with Crippen molar-refractivity contribution in [2.45, 2.75) is 6.42 Å². The Bertz CT molecular complexity index is 498. The lowest BCUT2D eigenvalue weighted by atomic mass is 10.3. The highest BCUT2D eigenvalue weighted by atomic mass is 35.5. The van der Waals surface area contributed by atoms with Crippen LogP contribution in [0.5, 0.6) is 0 Å². The fourth-order valence-electron chi connectivity index (χ4n) is 1.33. The Morgan fingerprint density at radius 1 is 1.53 bits per heavy atom. The van der Waals surface area contributed by atoms with Crippen LogP contribution in [-0.2, 0) is 0 Å². The van der Waals surface area contributed by atoms with Gasteiger partial charge in [-0.1, -0.05) is 24.3 Å². The van der Waals surface area contributed by atoms with Crippen molar-refractivity contribution in [1.29, 1.82) is 0 Å². The summed E-state index contributed by atoms with van der Waals surface area (Å²) in [7, 11) is 1.85. The van der Waals surface area contributed by atoms with Gasteiger partial charge in [-0.2, -0.15) is 0 Å². The number of alkyl halides is 1. The van der Waals surface area contributed by atoms with Gasteiger partial charge in [0.2, 0.25) is 5.28 Å². The second-order valence-electron chi connectivity index (χ2n) is 3.58. The SMILES string of the molecule is C=CC(=CC(Cl)=CCCCl)N(C)c1ccnc(Cl)n1. The number of likely N-dealkylation sites (N-methyl/N-ethyl adjacent to an activating group) is 1. The van der Waals surface area contributed by atoms with Gasteiger partial charge < -0.3 is 4.90 Å². The monoisotopic (exact) mass is 317 g/mol. The second kappa shape index (κ2) is 8.20. The normalized spacial score (nSPS) is 12.4. The van der Waals surface area contributed by atoms with Gasteiger partial charge in [0.1, 0.15) is 5.82 Å². The lowest BCUT2D eigenvalue weighted by Crippen LogP contribution is -2.16. The number of anilines is 1. The van der Waals surface area contributed by atoms with Crippen LogP contribution in [0.2, 0.25) is 5.28 Å². The quantitative estimate of drug-likeness (QED) is 0.442. The first-order valence-corrected chi connectivity index (χ1v) is 6.85. The smallest absolute Gasteiger partial charge is 0.224 e. The summed E-state index contributed by atoms with van der Waals surface area (Å²) < 4.78 is 0. The molecule has 0 saturated heterocycles. The molecular formula is C13H14Cl3N3. The molecular weight excluding hydrogens is 305 g/mol. The van der Waals surface area contributed by atoms with Gasteiger partial charge in [-0.05, 0) is 36.2 Å². The molecule has 0 amide bonds. The maximum absolute atomic E-state index is 6.09. The van der Waals surface area contributed by atoms with Crippen molar-refractivity contribution in [3.63, 3.8) is 0 Å². The Morgan fingerprint density at radius 3 is 2.84 bits per heavy atom. The molecule has 0 aromatic carbocycles. The van der Waals surface area contributed by atoms with E-state index in [1.54, 1.807) is 24.4 Å². The first kappa shape index (κ1) is 16.0. The second-order valence-corrected chi connectivity index (χ2v) is 4.74. The van der Waals surface area contributed by atoms with Gasteiger partial charge in [0.05, 0.1) is 0 Å². The van der Waals surface area contributed by atoms with Crippen molar-refractivity contribution in [3.05, 3.63) is 53.1 Å². The first-order valence-electron chi connectivity index (χ1n) is 5.56. The third-order valence-corrected chi connectivity index (χ3v) is 2.95. The van der Waals surface area contributed by atoms with E-state index in [1.165, 1.54) is 0 Å². The summed E-state index contributed by atoms with van der Waals surface area (Å²) in [5.74, 6) is 1.19. The van der Waals surface area contributed by atoms with Crippen LogP contribution in [0.4, 0.5) is 5.82 Å². The Labute approximate surface area is 128 Å². The molecule has 1 heterocycles. The van der Waals surface area contributed by atoms with E-state index in [9.17, 15) is 0 Å². The van der Waals surface area contributed by atoms with Crippen molar-refractivity contribution in [3.8, 4) is 0 Å². The van der Waals surface area contributed by atoms with Crippen LogP contribution in [0.15, 0.2) is 47.8 Å². The van der Waals surface area contributed by atoms with Gasteiger partial charge in [0.25, 0.3) is 0 Å². The molecule has 0 atom stereocenters. The molecule has 0 saturated carbocycles. The molecule has 0 fully saturated rings. The molecule has 0 N–H and O–H groups in total. The average Bonchev–Trinajstić information content (AvgIpc) is 2.41. The molecule has 3 nitrogen and oxygen atoms in total. The van der Waals surface area contributed by atoms with E-state index >= 15 is 0 Å². The predicted octanol–water partition coefficient (Wildman–Crippen LogP) is 4.39. The van der Waals surface area contributed by atoms with Gasteiger partial charge >= 0.3 is 0 Å². The number of halogens is 3. The highest BCUT2D eigenvalue weighted by molar-refractivity contribution is 6.31. The topological polar surface area (TPSA) is 29.0 Å². The number of nitrogens with zero attached hydrogens (tertiary/aromatic N) is 3. The summed E-state index contributed by atoms with van der Waals surface area (Å²) in [6, 6.07) is 1.75. The van der Waals surface area contributed by atoms with Gasteiger partial charge in [-0.15, -0.1) is 11.6 Å². The minimum atomic E-state index is 0.191. The maximum atomic E-state index is 6.09. The maximum Gasteiger partial charge on any atom is 0.224 e. The Hall–Kier alpha value is -1.03. The van der Waals surface area contributed by atoms with Crippen molar-refractivity contribution < 1.29 is 0 Å². The van der Waals surface area contributed by atoms with E-state index < -0.39 is 0 Å². The Morgan fingerprint density at radius 2 is 2.26 bits per heavy atom. The Kier molecular flexibility index (Phi) is 6.92. The molecule has 0 aliphatic carbocycles. The molecule has 0 bridgehead atoms. The van der Waals surface area contributed by atoms with Crippen LogP contribution < -0.4 is 4.90 Å². The zero-order valence-electron chi connectivity index (χ0n) is 10.5. The van der Waals surface area contributed by atoms with Gasteiger partial charge in [-0.3, -0.25) is 0 Å². The van der Waals surface area contributed by atoms with Crippen LogP contribution in [-0.4, -0.2) is 22.9 Å². The van der Waals surface area contributed by atoms with E-state index in [4.69, 9.17) is 34.8 Å². The highest BCUT2D eigenvalue weighted by Crippen LogP contribution is 2.19. The van der Waals surface area contributed by atoms with Crippen LogP contribution in [0, 0.1) is 0 Å². The number of hydrogen-bond donors (Lipinski definition) is 0. The number of rotatable bonds is 6. The third-order valence-electron chi connectivity index (χ3n) is 2.29. The van der Waals surface area contributed by atoms with Crippen LogP contribution in [0.3, 0.4) is 0 Å². The summed E-state index contributed by atoms with van der Waals surface area (Å²) in [6.07, 6.45) is 7.63. The lowest BCUT2D eigenvalue weighted by Gasteiger charge is -2.19. The third kappa shape index (κ3) is 5.23. The lowest BCUT2D eigenvalue weighted by molar-refractivity contribution is 1.04. The number of aromatic nitrogens is 2. The minimum absolute atomic E-state index is 0.191. The first-order chi connectivity index (χ1) is 9.08. The predicted molar refractivity (Wildman–Crippen MR) is 83.0 cm³/mol. The fraction of sp³-hybridized carbons (Fsp3) is 0.231. The van der Waals surface area contributed by atoms with Gasteiger partial charge in [-0.25, -0.2) is 9.97 Å². The Balaban J connectivity index is 2.96. The highest BCUT2D eigenvalue weighted by Gasteiger charge is 2.07. The molecule has 6 heteroatoms. The summed E-state index contributed by atoms with van der Waals surface area (Å²) in [5, 5.41) is 0.791. The summed E-state index contributed by atoms with van der Waals surface area (Å²) in [5.41, 5.74) is 0.797. The van der Waals surface area contributed by atoms with Gasteiger partial charge in [0, 0.05) is 29.9 Å². The van der Waals surface area contributed by atoms with Crippen molar-refractivity contribution in [1.82, 2.24) is 9.97 Å². The average molecular weight is 319 g/mol. The van der Waals surface area contributed by atoms with Crippen molar-refractivity contribution >= 4 is 40.6 Å². The molecule has 0 aliphatic heterocycles. The standard InChI is InChI=1S/C13H14Cl3N3/c1-3-11(9-10(15)5-4-7-14)19(2)12-6-8-17-13(16)18-12/h3,5-6,8-9H,1,4,7H2,2H3. The number of hydrogen-bond acceptors (Lipinski definition) is 3. The minimum Gasteiger partial charge on any atom is -0.329 e. The van der Waals surface area contributed by atoms with Crippen LogP contribution in [0.1, 0.15) is 6.42 Å². The van der Waals surface area contributed by atoms with Crippen LogP contribution in [0.25, 0.3) is 0 Å². The molecule has 0 radical (unpaired) electrons. The van der Waals surface area contributed by atoms with E-state index in [1.807, 2.05) is 18.0 Å². The molecule has 0 aliphatic rings. The molecule has 0 spiro atoms. The zero-order chi connectivity index (χ0) is 14.3. The molecule has 1 aromatic heterocycles. The molecule has 1 aromatic rings. The zero-order valence-corrected chi connectivity index (χ0v) is 12.8. The molecule has 102 valence electrons. The van der Waals surface area contributed by atoms with Gasteiger partial charge in [0.15, 0.2) is 0 Å². The summed E-state index contributed by atoms with van der Waals surface area (Å²) in [4.78, 5) is 9.78. The van der Waals surface area contributed by atoms with Crippen molar-refractivity contribution in [2.24, 2.45) is 0 Å². The van der Waals surface area contributed by atoms with E-state index in [0.29, 0.717) is 23.2 Å². The molecule has 1 rings (SSSR count). The van der Waals surface area contributed by atoms with E-state index in [-0.39, 0.29) is 5.28 Å².